The van der Waals surface area contributed by atoms with Gasteiger partial charge in [-0.2, -0.15) is 5.53 Å². The molecule has 78 valence electrons. The van der Waals surface area contributed by atoms with E-state index in [-0.39, 0.29) is 0 Å². The predicted octanol–water partition coefficient (Wildman–Crippen LogP) is 2.59. The highest BCUT2D eigenvalue weighted by atomic mass is 79.9. The SMILES string of the molecule is F[B-](F)(F)F.[NH2+]=Nc1ccc(Br)cc1. The van der Waals surface area contributed by atoms with E-state index in [2.05, 4.69) is 21.0 Å². The lowest BCUT2D eigenvalue weighted by atomic mass is 10.3. The highest BCUT2D eigenvalue weighted by Gasteiger charge is 2.20. The molecule has 0 aromatic heterocycles. The average Bonchev–Trinajstić information content (AvgIpc) is 2.03. The summed E-state index contributed by atoms with van der Waals surface area (Å²) in [6.45, 7) is 0. The maximum atomic E-state index is 9.75. The Morgan fingerprint density at radius 2 is 1.43 bits per heavy atom. The molecule has 0 aliphatic heterocycles. The summed E-state index contributed by atoms with van der Waals surface area (Å²) in [5, 5.41) is 3.49. The van der Waals surface area contributed by atoms with Crippen LogP contribution in [-0.4, -0.2) is 7.25 Å². The lowest BCUT2D eigenvalue weighted by molar-refractivity contribution is -0.210. The van der Waals surface area contributed by atoms with Crippen molar-refractivity contribution in [3.8, 4) is 0 Å². The fourth-order valence-corrected chi connectivity index (χ4v) is 0.791. The van der Waals surface area contributed by atoms with Gasteiger partial charge in [0.1, 0.15) is 5.69 Å². The third-order valence-electron chi connectivity index (χ3n) is 0.976. The van der Waals surface area contributed by atoms with E-state index in [1.165, 1.54) is 0 Å². The van der Waals surface area contributed by atoms with Crippen molar-refractivity contribution in [3.05, 3.63) is 28.7 Å². The lowest BCUT2D eigenvalue weighted by Gasteiger charge is -1.94. The number of nitrogens with two attached hydrogens (primary N) is 1. The zero-order valence-corrected chi connectivity index (χ0v) is 8.39. The average molecular weight is 273 g/mol. The third kappa shape index (κ3) is 9.18. The molecule has 0 saturated carbocycles. The molecule has 2 nitrogen and oxygen atoms in total. The van der Waals surface area contributed by atoms with Gasteiger partial charge in [0, 0.05) is 4.47 Å². The van der Waals surface area contributed by atoms with Gasteiger partial charge in [0.25, 0.3) is 0 Å². The van der Waals surface area contributed by atoms with Gasteiger partial charge in [0.2, 0.25) is 0 Å². The van der Waals surface area contributed by atoms with E-state index in [0.717, 1.165) is 10.2 Å². The molecule has 0 fully saturated rings. The predicted molar refractivity (Wildman–Crippen MR) is 48.3 cm³/mol. The van der Waals surface area contributed by atoms with Crippen molar-refractivity contribution in [3.63, 3.8) is 0 Å². The Labute approximate surface area is 86.1 Å². The van der Waals surface area contributed by atoms with Gasteiger partial charge < -0.3 is 17.3 Å². The number of hydrogen-bond donors (Lipinski definition) is 1. The van der Waals surface area contributed by atoms with Crippen LogP contribution in [0, 0.1) is 0 Å². The number of benzene rings is 1. The van der Waals surface area contributed by atoms with Gasteiger partial charge in [0.05, 0.1) is 0 Å². The Morgan fingerprint density at radius 3 is 1.71 bits per heavy atom. The normalized spacial score (nSPS) is 10.1. The highest BCUT2D eigenvalue weighted by molar-refractivity contribution is 9.10. The maximum absolute atomic E-state index is 9.75. The summed E-state index contributed by atoms with van der Waals surface area (Å²) >= 11 is 3.29. The summed E-state index contributed by atoms with van der Waals surface area (Å²) in [6, 6.07) is 7.46. The molecule has 1 aromatic rings. The van der Waals surface area contributed by atoms with E-state index in [1.807, 2.05) is 24.3 Å². The molecule has 0 spiro atoms. The molecule has 0 aliphatic carbocycles. The number of hydrogen-bond acceptors (Lipinski definition) is 1. The first-order valence-corrected chi connectivity index (χ1v) is 4.16. The summed E-state index contributed by atoms with van der Waals surface area (Å²) in [5.74, 6) is 0. The van der Waals surface area contributed by atoms with Gasteiger partial charge in [0.15, 0.2) is 0 Å². The monoisotopic (exact) mass is 272 g/mol. The van der Waals surface area contributed by atoms with Crippen molar-refractivity contribution in [1.82, 2.24) is 0 Å². The summed E-state index contributed by atoms with van der Waals surface area (Å²) in [5.41, 5.74) is 5.80. The fraction of sp³-hybridized carbons (Fsp3) is 0. The second-order valence-corrected chi connectivity index (χ2v) is 3.02. The van der Waals surface area contributed by atoms with Crippen molar-refractivity contribution in [2.24, 2.45) is 5.11 Å². The number of rotatable bonds is 1. The van der Waals surface area contributed by atoms with Crippen LogP contribution in [0.4, 0.5) is 23.0 Å². The quantitative estimate of drug-likeness (QED) is 0.464. The summed E-state index contributed by atoms with van der Waals surface area (Å²) in [7, 11) is -6.00. The van der Waals surface area contributed by atoms with Crippen molar-refractivity contribution in [2.75, 3.05) is 0 Å². The van der Waals surface area contributed by atoms with Crippen molar-refractivity contribution in [1.29, 1.82) is 0 Å². The Balaban J connectivity index is 0.000000292. The maximum Gasteiger partial charge on any atom is 0.673 e. The van der Waals surface area contributed by atoms with E-state index in [9.17, 15) is 17.3 Å². The number of nitrogens with zero attached hydrogens (tertiary/aromatic N) is 1. The number of halogens is 5. The summed E-state index contributed by atoms with van der Waals surface area (Å²) in [4.78, 5) is 0. The van der Waals surface area contributed by atoms with E-state index >= 15 is 0 Å². The lowest BCUT2D eigenvalue weighted by Crippen LogP contribution is -2.21. The zero-order chi connectivity index (χ0) is 11.2. The summed E-state index contributed by atoms with van der Waals surface area (Å²) in [6.07, 6.45) is 0. The third-order valence-corrected chi connectivity index (χ3v) is 1.50. The van der Waals surface area contributed by atoms with E-state index < -0.39 is 7.25 Å². The first kappa shape index (κ1) is 13.1. The van der Waals surface area contributed by atoms with Crippen LogP contribution in [0.5, 0.6) is 0 Å². The molecule has 1 rings (SSSR count). The van der Waals surface area contributed by atoms with Gasteiger partial charge >= 0.3 is 7.25 Å². The molecule has 14 heavy (non-hydrogen) atoms. The highest BCUT2D eigenvalue weighted by Crippen LogP contribution is 2.14. The van der Waals surface area contributed by atoms with Crippen LogP contribution in [0.25, 0.3) is 0 Å². The Kier molecular flexibility index (Phi) is 5.36. The minimum atomic E-state index is -6.00. The fourth-order valence-electron chi connectivity index (χ4n) is 0.527. The van der Waals surface area contributed by atoms with Crippen LogP contribution in [0.2, 0.25) is 0 Å². The standard InChI is InChI=1S/C6H5BrN2.BF4/c7-5-1-3-6(9-8)4-2-5;2-1(3,4)5/h1-4,8H;/q;-1/p+1. The minimum Gasteiger partial charge on any atom is -0.418 e. The molecule has 0 bridgehead atoms. The van der Waals surface area contributed by atoms with Crippen molar-refractivity contribution in [2.45, 2.75) is 0 Å². The molecule has 1 aromatic carbocycles. The summed E-state index contributed by atoms with van der Waals surface area (Å²) < 4.78 is 40.0. The largest absolute Gasteiger partial charge is 0.673 e. The first-order valence-electron chi connectivity index (χ1n) is 3.37. The zero-order valence-electron chi connectivity index (χ0n) is 6.80. The smallest absolute Gasteiger partial charge is 0.418 e. The molecule has 0 aliphatic rings. The molecule has 0 saturated heterocycles. The van der Waals surface area contributed by atoms with Crippen LogP contribution in [-0.2, 0) is 0 Å². The van der Waals surface area contributed by atoms with Crippen LogP contribution < -0.4 is 5.53 Å². The van der Waals surface area contributed by atoms with Gasteiger partial charge in [-0.1, -0.05) is 15.9 Å². The van der Waals surface area contributed by atoms with Gasteiger partial charge in [-0.05, 0) is 29.4 Å². The minimum absolute atomic E-state index is 0.790. The van der Waals surface area contributed by atoms with E-state index in [0.29, 0.717) is 0 Å². The van der Waals surface area contributed by atoms with Gasteiger partial charge in [-0.25, -0.2) is 0 Å². The van der Waals surface area contributed by atoms with E-state index in [4.69, 9.17) is 5.53 Å². The van der Waals surface area contributed by atoms with Crippen LogP contribution in [0.3, 0.4) is 0 Å². The Morgan fingerprint density at radius 1 is 1.07 bits per heavy atom. The second-order valence-electron chi connectivity index (χ2n) is 2.10. The van der Waals surface area contributed by atoms with Gasteiger partial charge in [-0.15, -0.1) is 0 Å². The van der Waals surface area contributed by atoms with Gasteiger partial charge in [-0.3, -0.25) is 0 Å². The first-order chi connectivity index (χ1) is 6.33. The molecule has 0 unspecified atom stereocenters. The molecule has 8 heteroatoms. The van der Waals surface area contributed by atoms with Crippen molar-refractivity contribution < 1.29 is 22.8 Å². The van der Waals surface area contributed by atoms with Crippen molar-refractivity contribution >= 4 is 28.9 Å². The van der Waals surface area contributed by atoms with Crippen LogP contribution in [0.1, 0.15) is 0 Å². The van der Waals surface area contributed by atoms with Crippen LogP contribution in [0.15, 0.2) is 33.9 Å². The molecule has 0 atom stereocenters. The Bertz CT molecular complexity index is 281. The Hall–Kier alpha value is -0.915. The molecule has 0 radical (unpaired) electrons. The molecular formula is C6H6BBrF4N2. The molecule has 0 heterocycles. The van der Waals surface area contributed by atoms with E-state index in [1.54, 1.807) is 0 Å². The van der Waals surface area contributed by atoms with Crippen LogP contribution >= 0.6 is 15.9 Å². The molecule has 2 N–H and O–H groups in total. The molecule has 0 amide bonds. The second kappa shape index (κ2) is 5.74. The topological polar surface area (TPSA) is 38.0 Å². The molecular weight excluding hydrogens is 267 g/mol.